The molecule has 1 aliphatic rings. The number of benzene rings is 2. The summed E-state index contributed by atoms with van der Waals surface area (Å²) >= 11 is 6.45. The fraction of sp³-hybridized carbons (Fsp3) is 0.481. The van der Waals surface area contributed by atoms with Gasteiger partial charge in [-0.05, 0) is 31.2 Å². The van der Waals surface area contributed by atoms with Gasteiger partial charge in [-0.15, -0.1) is 0 Å². The molecule has 0 aliphatic carbocycles. The van der Waals surface area contributed by atoms with Crippen molar-refractivity contribution in [2.75, 3.05) is 45.0 Å². The minimum Gasteiger partial charge on any atom is -0.493 e. The number of halogens is 1. The summed E-state index contributed by atoms with van der Waals surface area (Å²) in [5.74, 6) is -0.431. The van der Waals surface area contributed by atoms with Crippen LogP contribution in [0.15, 0.2) is 36.4 Å². The number of aliphatic hydroxyl groups is 1. The number of hydroxylamine groups is 1. The van der Waals surface area contributed by atoms with Crippen LogP contribution in [0.5, 0.6) is 11.5 Å². The van der Waals surface area contributed by atoms with E-state index in [4.69, 9.17) is 30.6 Å². The molecule has 2 unspecified atom stereocenters. The smallest absolute Gasteiger partial charge is 0.260 e. The fourth-order valence-electron chi connectivity index (χ4n) is 4.49. The van der Waals surface area contributed by atoms with Crippen molar-refractivity contribution >= 4 is 37.6 Å². The lowest BCUT2D eigenvalue weighted by Crippen LogP contribution is -2.55. The van der Waals surface area contributed by atoms with Gasteiger partial charge in [0.1, 0.15) is 6.10 Å². The summed E-state index contributed by atoms with van der Waals surface area (Å²) in [6.45, 7) is 5.37. The third kappa shape index (κ3) is 6.70. The number of carbonyl (C=O) groups is 2. The van der Waals surface area contributed by atoms with Crippen molar-refractivity contribution in [2.24, 2.45) is 5.41 Å². The van der Waals surface area contributed by atoms with E-state index in [1.54, 1.807) is 57.2 Å². The Morgan fingerprint density at radius 2 is 1.97 bits per heavy atom. The third-order valence-electron chi connectivity index (χ3n) is 6.37. The average molecular weight is 581 g/mol. The van der Waals surface area contributed by atoms with Gasteiger partial charge in [-0.25, -0.2) is 5.48 Å². The zero-order valence-corrected chi connectivity index (χ0v) is 24.3. The third-order valence-corrected chi connectivity index (χ3v) is 7.24. The van der Waals surface area contributed by atoms with Gasteiger partial charge in [-0.2, -0.15) is 0 Å². The molecule has 0 saturated heterocycles. The van der Waals surface area contributed by atoms with E-state index in [1.807, 2.05) is 0 Å². The molecule has 2 atom stereocenters. The molecule has 2 aromatic rings. The normalized spacial score (nSPS) is 19.4. The molecule has 0 fully saturated rings. The number of amides is 2. The molecule has 10 nitrogen and oxygen atoms in total. The van der Waals surface area contributed by atoms with E-state index in [0.29, 0.717) is 33.3 Å². The van der Waals surface area contributed by atoms with Crippen molar-refractivity contribution in [1.82, 2.24) is 5.48 Å². The minimum absolute atomic E-state index is 0.0763. The predicted octanol–water partition coefficient (Wildman–Crippen LogP) is 4.32. The van der Waals surface area contributed by atoms with Gasteiger partial charge in [0.15, 0.2) is 25.6 Å². The van der Waals surface area contributed by atoms with Crippen LogP contribution in [0.1, 0.15) is 44.4 Å². The number of rotatable bonds is 12. The number of anilines is 1. The molecule has 39 heavy (non-hydrogen) atoms. The average Bonchev–Trinajstić information content (AvgIpc) is 3.00. The number of nitrogens with zero attached hydrogens (tertiary/aromatic N) is 1. The molecule has 3 rings (SSSR count). The van der Waals surface area contributed by atoms with E-state index in [0.717, 1.165) is 0 Å². The minimum atomic E-state index is -1.89. The molecule has 2 aromatic carbocycles. The SMILES string of the molecule is CCONC(=O)CC1(CP=O)OC(c2cccc(OC)c2OC)c2cc(Cl)ccc2N(CC(C)(C)CO)C1=O. The molecular formula is C27H34ClN2O8P. The molecule has 0 spiro atoms. The van der Waals surface area contributed by atoms with Gasteiger partial charge in [-0.1, -0.05) is 37.6 Å². The van der Waals surface area contributed by atoms with E-state index >= 15 is 0 Å². The van der Waals surface area contributed by atoms with Crippen molar-refractivity contribution in [3.8, 4) is 11.5 Å². The fourth-order valence-corrected chi connectivity index (χ4v) is 5.20. The van der Waals surface area contributed by atoms with Crippen molar-refractivity contribution in [3.63, 3.8) is 0 Å². The van der Waals surface area contributed by atoms with Gasteiger partial charge < -0.3 is 24.2 Å². The second-order valence-corrected chi connectivity index (χ2v) is 10.9. The van der Waals surface area contributed by atoms with Crippen LogP contribution >= 0.6 is 20.1 Å². The van der Waals surface area contributed by atoms with Crippen molar-refractivity contribution in [2.45, 2.75) is 38.9 Å². The van der Waals surface area contributed by atoms with Gasteiger partial charge in [0.2, 0.25) is 5.91 Å². The van der Waals surface area contributed by atoms with Crippen LogP contribution in [-0.2, 0) is 23.7 Å². The number of para-hydroxylation sites is 1. The molecule has 0 radical (unpaired) electrons. The lowest BCUT2D eigenvalue weighted by molar-refractivity contribution is -0.156. The van der Waals surface area contributed by atoms with Gasteiger partial charge in [-0.3, -0.25) is 19.0 Å². The van der Waals surface area contributed by atoms with Gasteiger partial charge >= 0.3 is 0 Å². The number of carbonyl (C=O) groups excluding carboxylic acids is 2. The number of fused-ring (bicyclic) bond motifs is 1. The topological polar surface area (TPSA) is 124 Å². The molecule has 2 amide bonds. The van der Waals surface area contributed by atoms with Crippen LogP contribution in [0.4, 0.5) is 5.69 Å². The summed E-state index contributed by atoms with van der Waals surface area (Å²) < 4.78 is 30.0. The number of nitrogens with one attached hydrogen (secondary N) is 1. The van der Waals surface area contributed by atoms with Gasteiger partial charge in [0, 0.05) is 40.4 Å². The van der Waals surface area contributed by atoms with Crippen molar-refractivity contribution < 1.29 is 38.3 Å². The molecule has 1 heterocycles. The number of ether oxygens (including phenoxy) is 3. The van der Waals surface area contributed by atoms with E-state index < -0.39 is 43.8 Å². The molecule has 0 saturated carbocycles. The van der Waals surface area contributed by atoms with E-state index in [9.17, 15) is 19.3 Å². The molecular weight excluding hydrogens is 547 g/mol. The zero-order chi connectivity index (χ0) is 28.8. The van der Waals surface area contributed by atoms with Crippen LogP contribution in [0, 0.1) is 5.41 Å². The first kappa shape index (κ1) is 30.8. The predicted molar refractivity (Wildman–Crippen MR) is 147 cm³/mol. The van der Waals surface area contributed by atoms with E-state index in [1.165, 1.54) is 19.1 Å². The Morgan fingerprint density at radius 1 is 1.23 bits per heavy atom. The van der Waals surface area contributed by atoms with Crippen LogP contribution in [0.25, 0.3) is 0 Å². The standard InChI is InChI=1S/C27H34ClN2O8P/c1-6-37-29-22(32)13-27(16-39-34)25(33)30(14-26(2,3)15-31)20-11-10-17(28)12-19(20)23(38-27)18-8-7-9-21(35-4)24(18)36-5/h7-12,23,31H,6,13-16H2,1-5H3,(H,29,32). The Bertz CT molecular complexity index is 1210. The Hall–Kier alpha value is -2.75. The molecule has 212 valence electrons. The Labute approximate surface area is 234 Å². The van der Waals surface area contributed by atoms with Crippen LogP contribution in [-0.4, -0.2) is 62.7 Å². The molecule has 0 bridgehead atoms. The van der Waals surface area contributed by atoms with Crippen molar-refractivity contribution in [1.29, 1.82) is 0 Å². The zero-order valence-electron chi connectivity index (χ0n) is 22.7. The number of methoxy groups -OCH3 is 2. The maximum Gasteiger partial charge on any atom is 0.260 e. The summed E-state index contributed by atoms with van der Waals surface area (Å²) in [6.07, 6.45) is -1.80. The number of hydrogen-bond acceptors (Lipinski definition) is 8. The van der Waals surface area contributed by atoms with Crippen LogP contribution < -0.4 is 19.9 Å². The van der Waals surface area contributed by atoms with Gasteiger partial charge in [0.05, 0.1) is 33.4 Å². The van der Waals surface area contributed by atoms with Crippen LogP contribution in [0.3, 0.4) is 0 Å². The highest BCUT2D eigenvalue weighted by molar-refractivity contribution is 7.23. The van der Waals surface area contributed by atoms with E-state index in [2.05, 4.69) is 5.48 Å². The summed E-state index contributed by atoms with van der Waals surface area (Å²) in [4.78, 5) is 33.9. The quantitative estimate of drug-likeness (QED) is 0.281. The summed E-state index contributed by atoms with van der Waals surface area (Å²) in [5, 5.41) is 10.4. The second-order valence-electron chi connectivity index (χ2n) is 9.91. The largest absolute Gasteiger partial charge is 0.493 e. The molecule has 0 aromatic heterocycles. The van der Waals surface area contributed by atoms with Crippen LogP contribution in [0.2, 0.25) is 5.02 Å². The Balaban J connectivity index is 2.35. The molecule has 2 N–H and O–H groups in total. The van der Waals surface area contributed by atoms with E-state index in [-0.39, 0.29) is 25.9 Å². The highest BCUT2D eigenvalue weighted by Gasteiger charge is 2.51. The summed E-state index contributed by atoms with van der Waals surface area (Å²) in [6, 6.07) is 10.2. The molecule has 1 aliphatic heterocycles. The monoisotopic (exact) mass is 580 g/mol. The Morgan fingerprint density at radius 3 is 2.59 bits per heavy atom. The summed E-state index contributed by atoms with van der Waals surface area (Å²) in [7, 11) is 2.57. The maximum absolute atomic E-state index is 14.4. The lowest BCUT2D eigenvalue weighted by atomic mass is 9.91. The number of hydrogen-bond donors (Lipinski definition) is 2. The maximum atomic E-state index is 14.4. The second kappa shape index (κ2) is 13.1. The highest BCUT2D eigenvalue weighted by atomic mass is 35.5. The van der Waals surface area contributed by atoms with Gasteiger partial charge in [0.25, 0.3) is 5.91 Å². The molecule has 12 heteroatoms. The Kier molecular flexibility index (Phi) is 10.3. The first-order valence-electron chi connectivity index (χ1n) is 12.4. The first-order chi connectivity index (χ1) is 18.6. The van der Waals surface area contributed by atoms with Crippen molar-refractivity contribution in [3.05, 3.63) is 52.5 Å². The first-order valence-corrected chi connectivity index (χ1v) is 13.7. The highest BCUT2D eigenvalue weighted by Crippen LogP contribution is 2.48. The number of aliphatic hydroxyl groups excluding tert-OH is 1. The summed E-state index contributed by atoms with van der Waals surface area (Å²) in [5.41, 5.74) is 1.18. The lowest BCUT2D eigenvalue weighted by Gasteiger charge is -2.37.